The monoisotopic (exact) mass is 449 g/mol. The Morgan fingerprint density at radius 3 is 2.69 bits per heavy atom. The molecular formula is C22H22Cl3N3O. The second-order valence-electron chi connectivity index (χ2n) is 7.31. The molecule has 1 aliphatic rings. The number of imidazole rings is 1. The van der Waals surface area contributed by atoms with Crippen molar-refractivity contribution in [1.29, 1.82) is 0 Å². The standard InChI is InChI=1S/C22H21Cl2N3O.ClH/c1-14-5-6-15(2)19(10-14)25-21(28)13-26-12-20(27-9-3-4-22(26)27)16-7-8-17(23)18(24)11-16;/h5-8,10-12H,3-4,9,13H2,1-2H3;1H. The van der Waals surface area contributed by atoms with E-state index in [0.717, 1.165) is 53.3 Å². The van der Waals surface area contributed by atoms with Gasteiger partial charge in [0.15, 0.2) is 12.2 Å². The summed E-state index contributed by atoms with van der Waals surface area (Å²) in [5.41, 5.74) is 5.12. The normalized spacial score (nSPS) is 12.4. The predicted molar refractivity (Wildman–Crippen MR) is 113 cm³/mol. The first-order valence-electron chi connectivity index (χ1n) is 9.37. The topological polar surface area (TPSA) is 37.9 Å². The van der Waals surface area contributed by atoms with Crippen LogP contribution in [0.15, 0.2) is 42.6 Å². The molecule has 2 aromatic carbocycles. The fourth-order valence-corrected chi connectivity index (χ4v) is 4.05. The van der Waals surface area contributed by atoms with Crippen molar-refractivity contribution in [2.24, 2.45) is 0 Å². The maximum atomic E-state index is 12.7. The lowest BCUT2D eigenvalue weighted by Gasteiger charge is -2.08. The van der Waals surface area contributed by atoms with Crippen LogP contribution in [0.2, 0.25) is 10.0 Å². The molecule has 3 aromatic rings. The average molecular weight is 451 g/mol. The van der Waals surface area contributed by atoms with Gasteiger partial charge < -0.3 is 17.7 Å². The van der Waals surface area contributed by atoms with Crippen molar-refractivity contribution in [3.8, 4) is 11.3 Å². The van der Waals surface area contributed by atoms with Gasteiger partial charge in [-0.2, -0.15) is 0 Å². The fraction of sp³-hybridized carbons (Fsp3) is 0.273. The number of aromatic nitrogens is 2. The summed E-state index contributed by atoms with van der Waals surface area (Å²) >= 11 is 12.3. The lowest BCUT2D eigenvalue weighted by atomic mass is 10.1. The molecule has 0 radical (unpaired) electrons. The summed E-state index contributed by atoms with van der Waals surface area (Å²) < 4.78 is 4.32. The molecule has 4 nitrogen and oxygen atoms in total. The summed E-state index contributed by atoms with van der Waals surface area (Å²) in [5.74, 6) is 1.14. The van der Waals surface area contributed by atoms with E-state index in [0.29, 0.717) is 10.0 Å². The molecular weight excluding hydrogens is 429 g/mol. The van der Waals surface area contributed by atoms with Crippen molar-refractivity contribution in [2.75, 3.05) is 5.32 Å². The minimum absolute atomic E-state index is 0. The first-order chi connectivity index (χ1) is 13.4. The maximum absolute atomic E-state index is 12.7. The third-order valence-electron chi connectivity index (χ3n) is 5.19. The molecule has 0 saturated carbocycles. The van der Waals surface area contributed by atoms with Crippen molar-refractivity contribution in [3.05, 3.63) is 69.6 Å². The number of hydrogen-bond donors (Lipinski definition) is 1. The van der Waals surface area contributed by atoms with E-state index in [2.05, 4.69) is 9.88 Å². The second kappa shape index (κ2) is 8.78. The van der Waals surface area contributed by atoms with Crippen molar-refractivity contribution in [1.82, 2.24) is 4.57 Å². The van der Waals surface area contributed by atoms with Crippen molar-refractivity contribution in [3.63, 3.8) is 0 Å². The van der Waals surface area contributed by atoms with Gasteiger partial charge in [-0.05, 0) is 55.7 Å². The Balaban J connectivity index is 0.00000240. The molecule has 0 saturated heterocycles. The SMILES string of the molecule is Cc1ccc(C)c(NC(=O)C[n+]2cc(-c3ccc(Cl)c(Cl)c3)n3c2CCC3)c1.[Cl-]. The van der Waals surface area contributed by atoms with Crippen LogP contribution in [0.25, 0.3) is 11.3 Å². The van der Waals surface area contributed by atoms with Gasteiger partial charge in [0.1, 0.15) is 6.20 Å². The highest BCUT2D eigenvalue weighted by Gasteiger charge is 2.29. The van der Waals surface area contributed by atoms with Gasteiger partial charge in [0.2, 0.25) is 0 Å². The van der Waals surface area contributed by atoms with E-state index in [1.807, 2.05) is 61.0 Å². The first kappa shape index (κ1) is 21.7. The number of carbonyl (C=O) groups is 1. The molecule has 0 unspecified atom stereocenters. The molecule has 0 bridgehead atoms. The summed E-state index contributed by atoms with van der Waals surface area (Å²) in [6.07, 6.45) is 4.07. The van der Waals surface area contributed by atoms with E-state index < -0.39 is 0 Å². The molecule has 1 N–H and O–H groups in total. The van der Waals surface area contributed by atoms with Crippen LogP contribution in [0.4, 0.5) is 5.69 Å². The third-order valence-corrected chi connectivity index (χ3v) is 5.93. The molecule has 0 fully saturated rings. The highest BCUT2D eigenvalue weighted by Crippen LogP contribution is 2.30. The van der Waals surface area contributed by atoms with Crippen molar-refractivity contribution in [2.45, 2.75) is 39.8 Å². The summed E-state index contributed by atoms with van der Waals surface area (Å²) in [4.78, 5) is 12.7. The molecule has 1 amide bonds. The largest absolute Gasteiger partial charge is 1.00 e. The number of rotatable bonds is 4. The maximum Gasteiger partial charge on any atom is 0.266 e. The minimum Gasteiger partial charge on any atom is -1.00 e. The molecule has 0 aliphatic carbocycles. The third kappa shape index (κ3) is 4.45. The van der Waals surface area contributed by atoms with E-state index in [1.165, 1.54) is 0 Å². The first-order valence-corrected chi connectivity index (χ1v) is 10.1. The summed E-state index contributed by atoms with van der Waals surface area (Å²) in [6.45, 7) is 5.25. The lowest BCUT2D eigenvalue weighted by molar-refractivity contribution is -0.690. The number of aryl methyl sites for hydroxylation is 2. The van der Waals surface area contributed by atoms with E-state index in [9.17, 15) is 4.79 Å². The van der Waals surface area contributed by atoms with Gasteiger partial charge in [-0.1, -0.05) is 35.3 Å². The highest BCUT2D eigenvalue weighted by molar-refractivity contribution is 6.42. The smallest absolute Gasteiger partial charge is 0.266 e. The van der Waals surface area contributed by atoms with Crippen LogP contribution in [-0.4, -0.2) is 10.5 Å². The second-order valence-corrected chi connectivity index (χ2v) is 8.12. The van der Waals surface area contributed by atoms with Crippen molar-refractivity contribution < 1.29 is 21.8 Å². The number of nitrogens with zero attached hydrogens (tertiary/aromatic N) is 2. The number of fused-ring (bicyclic) bond motifs is 1. The van der Waals surface area contributed by atoms with Gasteiger partial charge in [0.05, 0.1) is 23.0 Å². The Bertz CT molecular complexity index is 1080. The summed E-state index contributed by atoms with van der Waals surface area (Å²) in [7, 11) is 0. The molecule has 152 valence electrons. The van der Waals surface area contributed by atoms with Crippen LogP contribution >= 0.6 is 23.2 Å². The van der Waals surface area contributed by atoms with E-state index in [1.54, 1.807) is 0 Å². The van der Waals surface area contributed by atoms with Crippen LogP contribution in [0.1, 0.15) is 23.4 Å². The van der Waals surface area contributed by atoms with E-state index in [4.69, 9.17) is 23.2 Å². The molecule has 0 atom stereocenters. The number of halogens is 3. The Hall–Kier alpha value is -2.01. The molecule has 1 aromatic heterocycles. The molecule has 1 aliphatic heterocycles. The van der Waals surface area contributed by atoms with Gasteiger partial charge in [-0.25, -0.2) is 9.13 Å². The molecule has 2 heterocycles. The number of benzene rings is 2. The zero-order valence-corrected chi connectivity index (χ0v) is 18.6. The number of anilines is 1. The van der Waals surface area contributed by atoms with E-state index in [-0.39, 0.29) is 24.9 Å². The molecule has 7 heteroatoms. The molecule has 29 heavy (non-hydrogen) atoms. The van der Waals surface area contributed by atoms with Crippen LogP contribution in [0.3, 0.4) is 0 Å². The van der Waals surface area contributed by atoms with Crippen molar-refractivity contribution >= 4 is 34.8 Å². The number of carbonyl (C=O) groups excluding carboxylic acids is 1. The van der Waals surface area contributed by atoms with Gasteiger partial charge >= 0.3 is 0 Å². The lowest BCUT2D eigenvalue weighted by Crippen LogP contribution is -3.00. The van der Waals surface area contributed by atoms with Crippen LogP contribution in [0, 0.1) is 13.8 Å². The highest BCUT2D eigenvalue weighted by atomic mass is 35.5. The zero-order chi connectivity index (χ0) is 19.8. The van der Waals surface area contributed by atoms with Gasteiger partial charge in [0, 0.05) is 11.3 Å². The van der Waals surface area contributed by atoms with Gasteiger partial charge in [0.25, 0.3) is 11.7 Å². The Labute approximate surface area is 186 Å². The predicted octanol–water partition coefficient (Wildman–Crippen LogP) is 1.96. The number of hydrogen-bond acceptors (Lipinski definition) is 1. The van der Waals surface area contributed by atoms with Crippen LogP contribution in [0.5, 0.6) is 0 Å². The van der Waals surface area contributed by atoms with E-state index >= 15 is 0 Å². The summed E-state index contributed by atoms with van der Waals surface area (Å²) in [5, 5.41) is 4.12. The number of amides is 1. The van der Waals surface area contributed by atoms with Crippen LogP contribution in [-0.2, 0) is 24.3 Å². The van der Waals surface area contributed by atoms with Gasteiger partial charge in [-0.3, -0.25) is 4.79 Å². The Morgan fingerprint density at radius 2 is 1.93 bits per heavy atom. The Kier molecular flexibility index (Phi) is 6.57. The van der Waals surface area contributed by atoms with Gasteiger partial charge in [-0.15, -0.1) is 0 Å². The number of nitrogens with one attached hydrogen (secondary N) is 1. The minimum atomic E-state index is -0.0281. The zero-order valence-electron chi connectivity index (χ0n) is 16.3. The molecule has 0 spiro atoms. The Morgan fingerprint density at radius 1 is 1.14 bits per heavy atom. The quantitative estimate of drug-likeness (QED) is 0.606. The average Bonchev–Trinajstić information content (AvgIpc) is 3.25. The fourth-order valence-electron chi connectivity index (χ4n) is 3.75. The molecule has 4 rings (SSSR count). The van der Waals surface area contributed by atoms with Crippen LogP contribution < -0.4 is 22.3 Å². The summed E-state index contributed by atoms with van der Waals surface area (Å²) in [6, 6.07) is 11.7.